The van der Waals surface area contributed by atoms with E-state index in [0.29, 0.717) is 35.5 Å². The van der Waals surface area contributed by atoms with Gasteiger partial charge >= 0.3 is 6.09 Å². The number of ether oxygens (including phenoxy) is 1. The van der Waals surface area contributed by atoms with Crippen molar-refractivity contribution in [3.05, 3.63) is 28.8 Å². The van der Waals surface area contributed by atoms with Gasteiger partial charge in [-0.05, 0) is 62.9 Å². The number of sulfonamides is 1. The molecular weight excluding hydrogens is 464 g/mol. The third kappa shape index (κ3) is 4.50. The van der Waals surface area contributed by atoms with Crippen LogP contribution in [0.2, 0.25) is 5.02 Å². The summed E-state index contributed by atoms with van der Waals surface area (Å²) in [7, 11) is -1.45. The summed E-state index contributed by atoms with van der Waals surface area (Å²) < 4.78 is 33.7. The number of likely N-dealkylation sites (N-methyl/N-ethyl adjacent to an activating group) is 1. The molecule has 0 saturated carbocycles. The number of rotatable bonds is 3. The lowest BCUT2D eigenvalue weighted by Gasteiger charge is -2.42. The van der Waals surface area contributed by atoms with Crippen LogP contribution in [0.5, 0.6) is 0 Å². The number of carbonyl (C=O) groups is 1. The maximum absolute atomic E-state index is 13.2. The molecule has 182 valence electrons. The van der Waals surface area contributed by atoms with Gasteiger partial charge in [-0.3, -0.25) is 4.90 Å². The predicted molar refractivity (Wildman–Crippen MR) is 126 cm³/mol. The Kier molecular flexibility index (Phi) is 6.61. The van der Waals surface area contributed by atoms with Crippen molar-refractivity contribution in [2.24, 2.45) is 0 Å². The van der Waals surface area contributed by atoms with Gasteiger partial charge in [0, 0.05) is 50.3 Å². The first-order valence-corrected chi connectivity index (χ1v) is 13.8. The van der Waals surface area contributed by atoms with E-state index in [-0.39, 0.29) is 24.8 Å². The smallest absolute Gasteiger partial charge is 0.409 e. The number of piperazine rings is 1. The number of fused-ring (bicyclic) bond motifs is 3. The maximum Gasteiger partial charge on any atom is 0.409 e. The Balaban J connectivity index is 1.17. The lowest BCUT2D eigenvalue weighted by atomic mass is 9.94. The first-order valence-electron chi connectivity index (χ1n) is 12.0. The van der Waals surface area contributed by atoms with E-state index in [1.807, 2.05) is 0 Å². The van der Waals surface area contributed by atoms with Crippen LogP contribution in [-0.2, 0) is 14.8 Å². The number of piperidine rings is 2. The van der Waals surface area contributed by atoms with Crippen molar-refractivity contribution in [3.63, 3.8) is 0 Å². The maximum atomic E-state index is 13.2. The molecule has 10 heteroatoms. The molecule has 0 N–H and O–H groups in total. The van der Waals surface area contributed by atoms with Crippen LogP contribution in [0.1, 0.15) is 43.7 Å². The standard InChI is InChI=1S/C23H33ClN4O4S/c1-25-11-13-26(14-12-25)18-7-9-27(10-8-18)23(29)32-16-19-3-2-4-21-20-15-17(24)5-6-22(20)33(30,31)28(19)21/h5-6,15,18-19,21H,2-4,7-14,16H2,1H3/t19-,21+/m1/s1. The summed E-state index contributed by atoms with van der Waals surface area (Å²) in [6.07, 6.45) is 3.93. The summed E-state index contributed by atoms with van der Waals surface area (Å²) in [5.41, 5.74) is 0.768. The van der Waals surface area contributed by atoms with Crippen molar-refractivity contribution >= 4 is 27.7 Å². The Bertz CT molecular complexity index is 990. The number of halogens is 1. The van der Waals surface area contributed by atoms with E-state index in [2.05, 4.69) is 16.8 Å². The highest BCUT2D eigenvalue weighted by molar-refractivity contribution is 7.89. The van der Waals surface area contributed by atoms with Crippen molar-refractivity contribution in [1.29, 1.82) is 0 Å². The van der Waals surface area contributed by atoms with Crippen molar-refractivity contribution in [2.45, 2.75) is 55.1 Å². The fourth-order valence-electron chi connectivity index (χ4n) is 5.86. The molecule has 0 radical (unpaired) electrons. The van der Waals surface area contributed by atoms with Gasteiger partial charge in [0.25, 0.3) is 0 Å². The molecule has 33 heavy (non-hydrogen) atoms. The summed E-state index contributed by atoms with van der Waals surface area (Å²) in [4.78, 5) is 19.8. The van der Waals surface area contributed by atoms with Crippen LogP contribution in [-0.4, -0.2) is 98.5 Å². The molecule has 0 bridgehead atoms. The molecule has 1 aromatic carbocycles. The molecule has 0 unspecified atom stereocenters. The van der Waals surface area contributed by atoms with E-state index in [1.165, 1.54) is 0 Å². The number of amides is 1. The largest absolute Gasteiger partial charge is 0.448 e. The number of carbonyl (C=O) groups excluding carboxylic acids is 1. The van der Waals surface area contributed by atoms with E-state index < -0.39 is 10.0 Å². The van der Waals surface area contributed by atoms with E-state index >= 15 is 0 Å². The lowest BCUT2D eigenvalue weighted by Crippen LogP contribution is -2.53. The zero-order valence-electron chi connectivity index (χ0n) is 19.2. The van der Waals surface area contributed by atoms with Crippen LogP contribution in [0, 0.1) is 0 Å². The summed E-state index contributed by atoms with van der Waals surface area (Å²) in [6.45, 7) is 5.85. The van der Waals surface area contributed by atoms with Crippen molar-refractivity contribution < 1.29 is 17.9 Å². The third-order valence-corrected chi connectivity index (χ3v) is 10.0. The summed E-state index contributed by atoms with van der Waals surface area (Å²) >= 11 is 6.15. The SMILES string of the molecule is CN1CCN(C2CCN(C(=O)OC[C@H]3CCC[C@H]4c5cc(Cl)ccc5S(=O)(=O)N34)CC2)CC1. The second-order valence-corrected chi connectivity index (χ2v) is 12.0. The van der Waals surface area contributed by atoms with Crippen LogP contribution in [0.15, 0.2) is 23.1 Å². The Morgan fingerprint density at radius 3 is 2.52 bits per heavy atom. The van der Waals surface area contributed by atoms with Gasteiger partial charge in [-0.15, -0.1) is 0 Å². The van der Waals surface area contributed by atoms with Crippen LogP contribution in [0.3, 0.4) is 0 Å². The molecule has 0 aromatic heterocycles. The molecule has 0 aliphatic carbocycles. The van der Waals surface area contributed by atoms with Gasteiger partial charge in [0.05, 0.1) is 17.0 Å². The highest BCUT2D eigenvalue weighted by Crippen LogP contribution is 2.47. The van der Waals surface area contributed by atoms with E-state index in [4.69, 9.17) is 16.3 Å². The molecule has 4 heterocycles. The monoisotopic (exact) mass is 496 g/mol. The first-order chi connectivity index (χ1) is 15.8. The summed E-state index contributed by atoms with van der Waals surface area (Å²) in [6, 6.07) is 4.95. The molecule has 1 amide bonds. The fourth-order valence-corrected chi connectivity index (χ4v) is 8.11. The Morgan fingerprint density at radius 2 is 1.79 bits per heavy atom. The first kappa shape index (κ1) is 23.4. The Hall–Kier alpha value is -1.39. The highest BCUT2D eigenvalue weighted by Gasteiger charge is 2.48. The molecule has 1 aromatic rings. The number of likely N-dealkylation sites (tertiary alicyclic amines) is 1. The Labute approximate surface area is 201 Å². The molecule has 5 rings (SSSR count). The van der Waals surface area contributed by atoms with Gasteiger partial charge < -0.3 is 14.5 Å². The summed E-state index contributed by atoms with van der Waals surface area (Å²) in [5.74, 6) is 0. The molecule has 2 atom stereocenters. The Morgan fingerprint density at radius 1 is 1.06 bits per heavy atom. The molecule has 8 nitrogen and oxygen atoms in total. The normalized spacial score (nSPS) is 29.0. The van der Waals surface area contributed by atoms with Crippen LogP contribution in [0.4, 0.5) is 4.79 Å². The number of hydrogen-bond acceptors (Lipinski definition) is 6. The van der Waals surface area contributed by atoms with Gasteiger partial charge in [-0.25, -0.2) is 13.2 Å². The van der Waals surface area contributed by atoms with Crippen LogP contribution < -0.4 is 0 Å². The second-order valence-electron chi connectivity index (χ2n) is 9.75. The van der Waals surface area contributed by atoms with Crippen molar-refractivity contribution in [3.8, 4) is 0 Å². The van der Waals surface area contributed by atoms with Gasteiger partial charge in [-0.2, -0.15) is 4.31 Å². The van der Waals surface area contributed by atoms with Gasteiger partial charge in [0.1, 0.15) is 6.61 Å². The second kappa shape index (κ2) is 9.34. The minimum Gasteiger partial charge on any atom is -0.448 e. The zero-order valence-corrected chi connectivity index (χ0v) is 20.7. The third-order valence-electron chi connectivity index (χ3n) is 7.74. The fraction of sp³-hybridized carbons (Fsp3) is 0.696. The van der Waals surface area contributed by atoms with E-state index in [9.17, 15) is 13.2 Å². The van der Waals surface area contributed by atoms with Gasteiger partial charge in [0.2, 0.25) is 10.0 Å². The van der Waals surface area contributed by atoms with E-state index in [0.717, 1.165) is 57.4 Å². The van der Waals surface area contributed by atoms with Gasteiger partial charge in [0.15, 0.2) is 0 Å². The van der Waals surface area contributed by atoms with Crippen molar-refractivity contribution in [1.82, 2.24) is 19.0 Å². The van der Waals surface area contributed by atoms with Crippen molar-refractivity contribution in [2.75, 3.05) is 52.9 Å². The quantitative estimate of drug-likeness (QED) is 0.640. The summed E-state index contributed by atoms with van der Waals surface area (Å²) in [5, 5.41) is 0.541. The topological polar surface area (TPSA) is 73.4 Å². The average Bonchev–Trinajstić information content (AvgIpc) is 3.05. The minimum atomic E-state index is -3.61. The van der Waals surface area contributed by atoms with Gasteiger partial charge in [-0.1, -0.05) is 11.6 Å². The minimum absolute atomic E-state index is 0.0919. The van der Waals surface area contributed by atoms with E-state index in [1.54, 1.807) is 27.4 Å². The van der Waals surface area contributed by atoms with Crippen LogP contribution >= 0.6 is 11.6 Å². The number of hydrogen-bond donors (Lipinski definition) is 0. The molecular formula is C23H33ClN4O4S. The predicted octanol–water partition coefficient (Wildman–Crippen LogP) is 2.79. The molecule has 4 aliphatic rings. The van der Waals surface area contributed by atoms with Crippen LogP contribution in [0.25, 0.3) is 0 Å². The molecule has 3 fully saturated rings. The number of benzene rings is 1. The highest BCUT2D eigenvalue weighted by atomic mass is 35.5. The molecule has 0 spiro atoms. The number of nitrogens with zero attached hydrogens (tertiary/aromatic N) is 4. The molecule has 4 aliphatic heterocycles. The lowest BCUT2D eigenvalue weighted by molar-refractivity contribution is 0.0406. The average molecular weight is 497 g/mol. The molecule has 3 saturated heterocycles. The zero-order chi connectivity index (χ0) is 23.2.